The molecule has 0 aromatic carbocycles. The van der Waals surface area contributed by atoms with Crippen molar-refractivity contribution in [3.05, 3.63) is 12.2 Å². The van der Waals surface area contributed by atoms with Crippen molar-refractivity contribution in [1.82, 2.24) is 15.3 Å². The third-order valence-electron chi connectivity index (χ3n) is 3.82. The van der Waals surface area contributed by atoms with Gasteiger partial charge in [-0.1, -0.05) is 0 Å². The SMILES string of the molecule is O=C(CCN1C(=O)C=CC1=O)NCCOCCOCC(=O)ON1C(=O)CCC1=O. The van der Waals surface area contributed by atoms with Crippen LogP contribution in [0.1, 0.15) is 19.3 Å². The van der Waals surface area contributed by atoms with Gasteiger partial charge in [-0.05, 0) is 0 Å². The summed E-state index contributed by atoms with van der Waals surface area (Å²) >= 11 is 0. The number of amides is 5. The molecule has 0 bridgehead atoms. The van der Waals surface area contributed by atoms with Crippen molar-refractivity contribution < 1.29 is 43.1 Å². The Bertz CT molecular complexity index is 685. The molecule has 0 aliphatic carbocycles. The van der Waals surface area contributed by atoms with E-state index in [0.717, 1.165) is 17.1 Å². The van der Waals surface area contributed by atoms with Crippen LogP contribution in [0.4, 0.5) is 0 Å². The van der Waals surface area contributed by atoms with E-state index < -0.39 is 36.2 Å². The van der Waals surface area contributed by atoms with E-state index in [2.05, 4.69) is 10.2 Å². The Balaban J connectivity index is 1.43. The minimum Gasteiger partial charge on any atom is -0.377 e. The summed E-state index contributed by atoms with van der Waals surface area (Å²) in [5.41, 5.74) is 0. The van der Waals surface area contributed by atoms with Crippen LogP contribution in [-0.2, 0) is 43.1 Å². The number of carbonyl (C=O) groups is 6. The van der Waals surface area contributed by atoms with Crippen molar-refractivity contribution >= 4 is 35.5 Å². The fourth-order valence-corrected chi connectivity index (χ4v) is 2.38. The van der Waals surface area contributed by atoms with Crippen molar-refractivity contribution in [2.75, 3.05) is 39.5 Å². The first kappa shape index (κ1) is 22.2. The molecule has 12 heteroatoms. The molecule has 2 rings (SSSR count). The summed E-state index contributed by atoms with van der Waals surface area (Å²) < 4.78 is 10.2. The molecule has 2 heterocycles. The molecule has 158 valence electrons. The van der Waals surface area contributed by atoms with Gasteiger partial charge in [0.25, 0.3) is 23.6 Å². The smallest absolute Gasteiger partial charge is 0.358 e. The van der Waals surface area contributed by atoms with Gasteiger partial charge in [-0.3, -0.25) is 28.9 Å². The number of hydrogen-bond donors (Lipinski definition) is 1. The molecule has 0 unspecified atom stereocenters. The van der Waals surface area contributed by atoms with Crippen LogP contribution in [0.25, 0.3) is 0 Å². The van der Waals surface area contributed by atoms with Crippen LogP contribution >= 0.6 is 0 Å². The van der Waals surface area contributed by atoms with Gasteiger partial charge in [0.15, 0.2) is 0 Å². The minimum absolute atomic E-state index is 0.00753. The maximum atomic E-state index is 11.6. The Hall–Kier alpha value is -3.12. The fraction of sp³-hybridized carbons (Fsp3) is 0.529. The number of nitrogens with zero attached hydrogens (tertiary/aromatic N) is 2. The zero-order valence-electron chi connectivity index (χ0n) is 15.6. The van der Waals surface area contributed by atoms with Crippen LogP contribution in [0.15, 0.2) is 12.2 Å². The highest BCUT2D eigenvalue weighted by atomic mass is 16.7. The molecule has 0 spiro atoms. The first-order valence-corrected chi connectivity index (χ1v) is 8.91. The van der Waals surface area contributed by atoms with Gasteiger partial charge in [0.05, 0.1) is 19.8 Å². The molecule has 0 atom stereocenters. The lowest BCUT2D eigenvalue weighted by Gasteiger charge is -2.13. The molecule has 1 fully saturated rings. The van der Waals surface area contributed by atoms with Crippen molar-refractivity contribution in [3.63, 3.8) is 0 Å². The highest BCUT2D eigenvalue weighted by Gasteiger charge is 2.32. The van der Waals surface area contributed by atoms with Crippen LogP contribution in [0.2, 0.25) is 0 Å². The Kier molecular flexibility index (Phi) is 8.43. The summed E-state index contributed by atoms with van der Waals surface area (Å²) in [6.45, 7) is 0.194. The van der Waals surface area contributed by atoms with E-state index in [1.807, 2.05) is 0 Å². The molecule has 1 saturated heterocycles. The highest BCUT2D eigenvalue weighted by Crippen LogP contribution is 2.11. The van der Waals surface area contributed by atoms with Gasteiger partial charge < -0.3 is 19.6 Å². The third kappa shape index (κ3) is 7.08. The van der Waals surface area contributed by atoms with Crippen molar-refractivity contribution in [2.24, 2.45) is 0 Å². The average Bonchev–Trinajstić information content (AvgIpc) is 3.17. The summed E-state index contributed by atoms with van der Waals surface area (Å²) in [5.74, 6) is -3.20. The van der Waals surface area contributed by atoms with Crippen LogP contribution in [-0.4, -0.2) is 85.0 Å². The molecule has 0 radical (unpaired) electrons. The molecule has 5 amide bonds. The number of carbonyl (C=O) groups excluding carboxylic acids is 6. The Morgan fingerprint density at radius 3 is 2.21 bits per heavy atom. The number of rotatable bonds is 12. The van der Waals surface area contributed by atoms with Gasteiger partial charge in [-0.25, -0.2) is 4.79 Å². The van der Waals surface area contributed by atoms with Crippen molar-refractivity contribution in [1.29, 1.82) is 0 Å². The second-order valence-electron chi connectivity index (χ2n) is 5.97. The molecule has 2 aliphatic heterocycles. The lowest BCUT2D eigenvalue weighted by atomic mass is 10.3. The zero-order chi connectivity index (χ0) is 21.2. The van der Waals surface area contributed by atoms with E-state index in [9.17, 15) is 28.8 Å². The van der Waals surface area contributed by atoms with Crippen LogP contribution < -0.4 is 5.32 Å². The maximum absolute atomic E-state index is 11.6. The first-order chi connectivity index (χ1) is 13.9. The number of ether oxygens (including phenoxy) is 2. The predicted octanol–water partition coefficient (Wildman–Crippen LogP) is -1.94. The van der Waals surface area contributed by atoms with Crippen molar-refractivity contribution in [3.8, 4) is 0 Å². The Morgan fingerprint density at radius 1 is 0.931 bits per heavy atom. The predicted molar refractivity (Wildman–Crippen MR) is 92.3 cm³/mol. The standard InChI is InChI=1S/C17H21N3O9/c21-12(5-7-19-13(22)1-2-14(19)23)18-6-8-27-9-10-28-11-17(26)29-20-15(24)3-4-16(20)25/h1-2H,3-11H2,(H,18,21). The van der Waals surface area contributed by atoms with Gasteiger partial charge >= 0.3 is 5.97 Å². The number of hydrogen-bond acceptors (Lipinski definition) is 9. The maximum Gasteiger partial charge on any atom is 0.358 e. The largest absolute Gasteiger partial charge is 0.377 e. The van der Waals surface area contributed by atoms with E-state index in [0.29, 0.717) is 5.06 Å². The Labute approximate surface area is 165 Å². The first-order valence-electron chi connectivity index (χ1n) is 8.91. The monoisotopic (exact) mass is 411 g/mol. The molecule has 0 aromatic rings. The normalized spacial score (nSPS) is 16.1. The van der Waals surface area contributed by atoms with E-state index in [4.69, 9.17) is 9.47 Å². The zero-order valence-corrected chi connectivity index (χ0v) is 15.6. The van der Waals surface area contributed by atoms with Crippen LogP contribution in [0, 0.1) is 0 Å². The lowest BCUT2D eigenvalue weighted by molar-refractivity contribution is -0.200. The van der Waals surface area contributed by atoms with Crippen molar-refractivity contribution in [2.45, 2.75) is 19.3 Å². The fourth-order valence-electron chi connectivity index (χ4n) is 2.38. The molecule has 1 N–H and O–H groups in total. The topological polar surface area (TPSA) is 149 Å². The second-order valence-corrected chi connectivity index (χ2v) is 5.97. The number of imide groups is 2. The van der Waals surface area contributed by atoms with Gasteiger partial charge in [-0.2, -0.15) is 0 Å². The van der Waals surface area contributed by atoms with E-state index in [1.165, 1.54) is 0 Å². The molecule has 29 heavy (non-hydrogen) atoms. The van der Waals surface area contributed by atoms with Crippen LogP contribution in [0.5, 0.6) is 0 Å². The van der Waals surface area contributed by atoms with Gasteiger partial charge in [0.1, 0.15) is 6.61 Å². The van der Waals surface area contributed by atoms with Crippen LogP contribution in [0.3, 0.4) is 0 Å². The van der Waals surface area contributed by atoms with Gasteiger partial charge in [0.2, 0.25) is 5.91 Å². The molecule has 12 nitrogen and oxygen atoms in total. The average molecular weight is 411 g/mol. The van der Waals surface area contributed by atoms with E-state index in [1.54, 1.807) is 0 Å². The summed E-state index contributed by atoms with van der Waals surface area (Å²) in [4.78, 5) is 73.9. The summed E-state index contributed by atoms with van der Waals surface area (Å²) in [5, 5.41) is 3.02. The molecule has 2 aliphatic rings. The molecule has 0 saturated carbocycles. The summed E-state index contributed by atoms with van der Waals surface area (Å²) in [7, 11) is 0. The summed E-state index contributed by atoms with van der Waals surface area (Å²) in [6.07, 6.45) is 2.33. The second kappa shape index (κ2) is 11.0. The quantitative estimate of drug-likeness (QED) is 0.286. The lowest BCUT2D eigenvalue weighted by Crippen LogP contribution is -2.35. The Morgan fingerprint density at radius 2 is 1.55 bits per heavy atom. The number of hydroxylamine groups is 2. The number of nitrogens with one attached hydrogen (secondary N) is 1. The molecular formula is C17H21N3O9. The van der Waals surface area contributed by atoms with E-state index in [-0.39, 0.29) is 58.1 Å². The minimum atomic E-state index is -0.869. The van der Waals surface area contributed by atoms with Gasteiger partial charge in [-0.15, -0.1) is 5.06 Å². The summed E-state index contributed by atoms with van der Waals surface area (Å²) in [6, 6.07) is 0. The molecular weight excluding hydrogens is 390 g/mol. The highest BCUT2D eigenvalue weighted by molar-refractivity contribution is 6.13. The van der Waals surface area contributed by atoms with E-state index >= 15 is 0 Å². The van der Waals surface area contributed by atoms with Gasteiger partial charge in [0, 0.05) is 44.5 Å². The molecule has 0 aromatic heterocycles. The third-order valence-corrected chi connectivity index (χ3v) is 3.82.